The van der Waals surface area contributed by atoms with Gasteiger partial charge in [-0.25, -0.2) is 8.42 Å². The zero-order chi connectivity index (χ0) is 19.1. The molecule has 0 atom stereocenters. The van der Waals surface area contributed by atoms with Crippen LogP contribution < -0.4 is 0 Å². The van der Waals surface area contributed by atoms with E-state index in [1.165, 1.54) is 18.2 Å². The Hall–Kier alpha value is -1.24. The quantitative estimate of drug-likeness (QED) is 0.425. The zero-order valence-electron chi connectivity index (χ0n) is 15.0. The molecule has 25 heavy (non-hydrogen) atoms. The van der Waals surface area contributed by atoms with Crippen molar-refractivity contribution in [3.63, 3.8) is 0 Å². The molecule has 6 nitrogen and oxygen atoms in total. The number of hydrogen-bond donors (Lipinski definition) is 0. The smallest absolute Gasteiger partial charge is 0.306 e. The molecule has 0 unspecified atom stereocenters. The van der Waals surface area contributed by atoms with E-state index in [0.717, 1.165) is 9.87 Å². The lowest BCUT2D eigenvalue weighted by molar-refractivity contribution is 0.225. The lowest BCUT2D eigenvalue weighted by atomic mass is 10.2. The predicted molar refractivity (Wildman–Crippen MR) is 100 cm³/mol. The molecule has 0 bridgehead atoms. The Kier molecular flexibility index (Phi) is 8.25. The Morgan fingerprint density at radius 3 is 2.16 bits per heavy atom. The summed E-state index contributed by atoms with van der Waals surface area (Å²) in [6, 6.07) is 6.51. The molecule has 1 rings (SSSR count). The number of sulfonamides is 1. The van der Waals surface area contributed by atoms with Crippen molar-refractivity contribution in [3.8, 4) is 0 Å². The van der Waals surface area contributed by atoms with Crippen LogP contribution in [0.2, 0.25) is 0 Å². The lowest BCUT2D eigenvalue weighted by Crippen LogP contribution is -2.33. The summed E-state index contributed by atoms with van der Waals surface area (Å²) in [6.07, 6.45) is 1.46. The molecule has 0 N–H and O–H groups in total. The van der Waals surface area contributed by atoms with Crippen LogP contribution >= 0.6 is 7.60 Å². The molecular formula is C17H26NO5PS. The largest absolute Gasteiger partial charge is 0.358 e. The summed E-state index contributed by atoms with van der Waals surface area (Å²) in [5.74, 6) is 0. The minimum atomic E-state index is -3.80. The molecule has 0 aromatic heterocycles. The lowest BCUT2D eigenvalue weighted by Gasteiger charge is -2.25. The maximum Gasteiger partial charge on any atom is 0.358 e. The first-order valence-electron chi connectivity index (χ1n) is 7.96. The SMILES string of the molecule is C=CCN(CC(=C)P(=O)(OCC)OCC)S(=O)(=O)c1ccc(C)cc1. The Bertz CT molecular complexity index is 733. The summed E-state index contributed by atoms with van der Waals surface area (Å²) in [7, 11) is -7.39. The second-order valence-electron chi connectivity index (χ2n) is 5.30. The van der Waals surface area contributed by atoms with Crippen LogP contribution in [0.1, 0.15) is 19.4 Å². The van der Waals surface area contributed by atoms with Crippen LogP contribution in [-0.4, -0.2) is 39.0 Å². The second-order valence-corrected chi connectivity index (χ2v) is 9.38. The van der Waals surface area contributed by atoms with Gasteiger partial charge in [-0.3, -0.25) is 4.57 Å². The van der Waals surface area contributed by atoms with Crippen molar-refractivity contribution in [3.05, 3.63) is 54.4 Å². The van der Waals surface area contributed by atoms with Crippen LogP contribution in [0.15, 0.2) is 53.7 Å². The molecule has 1 aromatic rings. The molecule has 0 radical (unpaired) electrons. The van der Waals surface area contributed by atoms with E-state index >= 15 is 0 Å². The van der Waals surface area contributed by atoms with Crippen molar-refractivity contribution in [2.24, 2.45) is 0 Å². The van der Waals surface area contributed by atoms with Crippen LogP contribution in [0.3, 0.4) is 0 Å². The van der Waals surface area contributed by atoms with Gasteiger partial charge in [0.2, 0.25) is 10.0 Å². The Morgan fingerprint density at radius 2 is 1.72 bits per heavy atom. The van der Waals surface area contributed by atoms with Crippen molar-refractivity contribution in [2.75, 3.05) is 26.3 Å². The maximum absolute atomic E-state index is 12.9. The topological polar surface area (TPSA) is 72.9 Å². The zero-order valence-corrected chi connectivity index (χ0v) is 16.7. The average molecular weight is 387 g/mol. The molecule has 0 aliphatic rings. The van der Waals surface area contributed by atoms with Crippen molar-refractivity contribution in [1.82, 2.24) is 4.31 Å². The first kappa shape index (κ1) is 21.8. The van der Waals surface area contributed by atoms with Gasteiger partial charge in [-0.05, 0) is 32.9 Å². The highest BCUT2D eigenvalue weighted by atomic mass is 32.2. The highest BCUT2D eigenvalue weighted by Crippen LogP contribution is 2.55. The van der Waals surface area contributed by atoms with Crippen molar-refractivity contribution < 1.29 is 22.0 Å². The van der Waals surface area contributed by atoms with Gasteiger partial charge in [-0.2, -0.15) is 4.31 Å². The normalized spacial score (nSPS) is 12.3. The molecule has 0 amide bonds. The molecule has 0 saturated carbocycles. The molecule has 0 fully saturated rings. The summed E-state index contributed by atoms with van der Waals surface area (Å²) < 4.78 is 50.1. The number of hydrogen-bond acceptors (Lipinski definition) is 5. The van der Waals surface area contributed by atoms with Crippen molar-refractivity contribution in [1.29, 1.82) is 0 Å². The van der Waals surface area contributed by atoms with E-state index in [2.05, 4.69) is 13.2 Å². The van der Waals surface area contributed by atoms with Crippen LogP contribution in [-0.2, 0) is 23.6 Å². The Balaban J connectivity index is 3.14. The maximum atomic E-state index is 12.9. The fourth-order valence-corrected chi connectivity index (χ4v) is 5.07. The van der Waals surface area contributed by atoms with E-state index in [9.17, 15) is 13.0 Å². The first-order valence-corrected chi connectivity index (χ1v) is 10.9. The summed E-state index contributed by atoms with van der Waals surface area (Å²) >= 11 is 0. The van der Waals surface area contributed by atoms with E-state index in [4.69, 9.17) is 9.05 Å². The number of nitrogens with zero attached hydrogens (tertiary/aromatic N) is 1. The fraction of sp³-hybridized carbons (Fsp3) is 0.412. The van der Waals surface area contributed by atoms with Crippen molar-refractivity contribution >= 4 is 17.6 Å². The van der Waals surface area contributed by atoms with E-state index < -0.39 is 17.6 Å². The summed E-state index contributed by atoms with van der Waals surface area (Å²) in [5, 5.41) is 0.0914. The summed E-state index contributed by atoms with van der Waals surface area (Å²) in [5.41, 5.74) is 0.954. The van der Waals surface area contributed by atoms with E-state index in [1.54, 1.807) is 26.0 Å². The van der Waals surface area contributed by atoms with Crippen LogP contribution in [0.4, 0.5) is 0 Å². The van der Waals surface area contributed by atoms with Gasteiger partial charge in [0, 0.05) is 18.4 Å². The molecule has 0 heterocycles. The average Bonchev–Trinajstić information content (AvgIpc) is 2.55. The molecule has 8 heteroatoms. The third-order valence-electron chi connectivity index (χ3n) is 3.34. The highest BCUT2D eigenvalue weighted by molar-refractivity contribution is 7.89. The fourth-order valence-electron chi connectivity index (χ4n) is 2.10. The monoisotopic (exact) mass is 387 g/mol. The third-order valence-corrected chi connectivity index (χ3v) is 7.27. The van der Waals surface area contributed by atoms with Gasteiger partial charge >= 0.3 is 7.60 Å². The molecule has 0 aliphatic heterocycles. The summed E-state index contributed by atoms with van der Waals surface area (Å²) in [6.45, 7) is 12.8. The Labute approximate surface area is 150 Å². The number of benzene rings is 1. The van der Waals surface area contributed by atoms with Gasteiger partial charge in [0.25, 0.3) is 0 Å². The molecule has 0 spiro atoms. The van der Waals surface area contributed by atoms with Gasteiger partial charge in [0.15, 0.2) is 0 Å². The van der Waals surface area contributed by atoms with E-state index in [-0.39, 0.29) is 36.5 Å². The second kappa shape index (κ2) is 9.46. The van der Waals surface area contributed by atoms with Crippen LogP contribution in [0, 0.1) is 6.92 Å². The van der Waals surface area contributed by atoms with Gasteiger partial charge in [-0.1, -0.05) is 30.4 Å². The molecule has 140 valence electrons. The minimum absolute atomic E-state index is 0.0491. The highest BCUT2D eigenvalue weighted by Gasteiger charge is 2.33. The van der Waals surface area contributed by atoms with E-state index in [1.807, 2.05) is 6.92 Å². The summed E-state index contributed by atoms with van der Waals surface area (Å²) in [4.78, 5) is 0.149. The van der Waals surface area contributed by atoms with Gasteiger partial charge in [0.05, 0.1) is 18.1 Å². The number of aryl methyl sites for hydroxylation is 1. The standard InChI is InChI=1S/C17H26NO5PS/c1-6-13-18(14-16(5)24(19,22-7-2)23-8-3)25(20,21)17-11-9-15(4)10-12-17/h6,9-12H,1,5,7-8,13-14H2,2-4H3. The minimum Gasteiger partial charge on any atom is -0.306 e. The van der Waals surface area contributed by atoms with Gasteiger partial charge < -0.3 is 9.05 Å². The van der Waals surface area contributed by atoms with Crippen molar-refractivity contribution in [2.45, 2.75) is 25.7 Å². The van der Waals surface area contributed by atoms with Gasteiger partial charge in [-0.15, -0.1) is 6.58 Å². The van der Waals surface area contributed by atoms with Gasteiger partial charge in [0.1, 0.15) is 0 Å². The van der Waals surface area contributed by atoms with E-state index in [0.29, 0.717) is 0 Å². The van der Waals surface area contributed by atoms with Crippen LogP contribution in [0.25, 0.3) is 0 Å². The number of rotatable bonds is 11. The first-order chi connectivity index (χ1) is 11.7. The molecular weight excluding hydrogens is 361 g/mol. The molecule has 0 aliphatic carbocycles. The Morgan fingerprint density at radius 1 is 1.20 bits per heavy atom. The molecule has 0 saturated heterocycles. The third kappa shape index (κ3) is 5.62. The molecule has 1 aromatic carbocycles. The predicted octanol–water partition coefficient (Wildman–Crippen LogP) is 3.95. The van der Waals surface area contributed by atoms with Crippen LogP contribution in [0.5, 0.6) is 0 Å².